The summed E-state index contributed by atoms with van der Waals surface area (Å²) in [5.74, 6) is -1.08. The van der Waals surface area contributed by atoms with Crippen molar-refractivity contribution in [3.05, 3.63) is 12.7 Å². The number of ether oxygens (including phenoxy) is 1. The number of aliphatic hydroxyl groups excluding tert-OH is 2. The molecule has 1 fully saturated rings. The van der Waals surface area contributed by atoms with E-state index in [1.54, 1.807) is 0 Å². The molecule has 1 aliphatic heterocycles. The molecule has 54 heavy (non-hydrogen) atoms. The summed E-state index contributed by atoms with van der Waals surface area (Å²) in [6.45, 7) is 1.90. The van der Waals surface area contributed by atoms with Crippen LogP contribution in [0.1, 0.15) is 33.4 Å². The molecule has 2 unspecified atom stereocenters. The molecule has 7 atom stereocenters. The number of phosphoric acid groups is 3. The zero-order valence-electron chi connectivity index (χ0n) is 30.1. The van der Waals surface area contributed by atoms with Crippen LogP contribution >= 0.6 is 35.2 Å². The van der Waals surface area contributed by atoms with E-state index in [0.29, 0.717) is 5.75 Å². The van der Waals surface area contributed by atoms with Crippen LogP contribution in [0.15, 0.2) is 12.7 Å². The van der Waals surface area contributed by atoms with Gasteiger partial charge in [0.1, 0.15) is 36.3 Å². The number of fused-ring (bicyclic) bond motifs is 1. The van der Waals surface area contributed by atoms with Gasteiger partial charge in [-0.2, -0.15) is 4.31 Å². The minimum absolute atomic E-state index is 0. The summed E-state index contributed by atoms with van der Waals surface area (Å²) in [6.07, 6.45) is -6.88. The van der Waals surface area contributed by atoms with Crippen LogP contribution in [-0.2, 0) is 50.7 Å². The third-order valence-corrected chi connectivity index (χ3v) is 10.7. The van der Waals surface area contributed by atoms with Gasteiger partial charge in [0, 0.05) is 126 Å². The Hall–Kier alpha value is 0.560. The number of nitrogens with two attached hydrogens (primary N) is 1. The average Bonchev–Trinajstić information content (AvgIpc) is 3.57. The molecular formula is C23H38N7Na3O17P3S. The predicted molar refractivity (Wildman–Crippen MR) is 190 cm³/mol. The van der Waals surface area contributed by atoms with Crippen LogP contribution in [0.25, 0.3) is 11.2 Å². The van der Waals surface area contributed by atoms with E-state index in [1.165, 1.54) is 20.8 Å². The molecule has 10 N–H and O–H groups in total. The van der Waals surface area contributed by atoms with Crippen LogP contribution in [-0.4, -0.2) is 211 Å². The largest absolute Gasteiger partial charge is 0.481 e. The van der Waals surface area contributed by atoms with Crippen molar-refractivity contribution < 1.29 is 80.5 Å². The Morgan fingerprint density at radius 3 is 2.28 bits per heavy atom. The number of hydrogen-bond acceptors (Lipinski definition) is 18. The molecule has 0 saturated carbocycles. The molecule has 31 heteroatoms. The number of aliphatic hydroxyl groups is 2. The standard InChI is InChI=1S/C23H38N7O17P3S.3Na/c1-12(31)51-7-6-25-14(32)4-5-26-21(35)18(34)23(2,3)9-44-50(41,42)47-49(39,40)43-8-13-17(46-48(36,37)38)16(33)22(45-13)30-11-29-15-19(24)27-10-28-20(15)30;;;/h10-11,13,16-18,22,33-34H,4-9H2,1-3H3,(H,25,32)(H,26,35)(H,39,40)(H,41,42)(H2,24,27,28)(H2,36,37,38);;;/t13-,16-,17-,18+,22-;;;/m1.../s1. The zero-order chi connectivity index (χ0) is 38.4. The third-order valence-electron chi connectivity index (χ3n) is 6.81. The van der Waals surface area contributed by atoms with Crippen molar-refractivity contribution in [2.24, 2.45) is 5.41 Å². The van der Waals surface area contributed by atoms with E-state index in [0.717, 1.165) is 29.0 Å². The number of amides is 2. The first-order valence-electron chi connectivity index (χ1n) is 14.5. The second kappa shape index (κ2) is 23.4. The van der Waals surface area contributed by atoms with Gasteiger partial charge in [0.2, 0.25) is 11.8 Å². The second-order valence-corrected chi connectivity index (χ2v) is 16.9. The van der Waals surface area contributed by atoms with Crippen molar-refractivity contribution in [3.63, 3.8) is 0 Å². The zero-order valence-corrected chi connectivity index (χ0v) is 39.6. The molecule has 2 aromatic rings. The van der Waals surface area contributed by atoms with Gasteiger partial charge in [-0.1, -0.05) is 25.6 Å². The number of nitrogens with one attached hydrogen (secondary N) is 2. The number of nitrogen functional groups attached to an aromatic ring is 1. The van der Waals surface area contributed by atoms with Gasteiger partial charge in [-0.05, 0) is 0 Å². The van der Waals surface area contributed by atoms with Gasteiger partial charge in [-0.15, -0.1) is 0 Å². The molecule has 1 aliphatic rings. The minimum atomic E-state index is -5.56. The molecule has 1 saturated heterocycles. The molecule has 291 valence electrons. The van der Waals surface area contributed by atoms with E-state index in [9.17, 15) is 57.9 Å². The molecule has 3 heterocycles. The number of phosphoric ester groups is 3. The molecule has 2 amide bonds. The van der Waals surface area contributed by atoms with Crippen LogP contribution in [0.5, 0.6) is 0 Å². The van der Waals surface area contributed by atoms with Crippen LogP contribution in [0.3, 0.4) is 0 Å². The van der Waals surface area contributed by atoms with Gasteiger partial charge in [0.25, 0.3) is 0 Å². The van der Waals surface area contributed by atoms with Gasteiger partial charge >= 0.3 is 23.5 Å². The Balaban J connectivity index is 0.00000936. The van der Waals surface area contributed by atoms with Crippen molar-refractivity contribution in [2.45, 2.75) is 57.8 Å². The summed E-state index contributed by atoms with van der Waals surface area (Å²) in [4.78, 5) is 85.9. The van der Waals surface area contributed by atoms with Crippen LogP contribution in [0, 0.1) is 5.41 Å². The number of nitrogens with zero attached hydrogens (tertiary/aromatic N) is 4. The van der Waals surface area contributed by atoms with E-state index in [2.05, 4.69) is 34.4 Å². The fourth-order valence-electron chi connectivity index (χ4n) is 4.32. The number of aromatic nitrogens is 4. The monoisotopic (exact) mass is 878 g/mol. The average molecular weight is 879 g/mol. The van der Waals surface area contributed by atoms with E-state index in [4.69, 9.17) is 19.5 Å². The Bertz CT molecular complexity index is 1730. The topological polar surface area (TPSA) is 364 Å². The van der Waals surface area contributed by atoms with E-state index in [-0.39, 0.29) is 130 Å². The van der Waals surface area contributed by atoms with Crippen molar-refractivity contribution in [1.29, 1.82) is 0 Å². The first-order valence-corrected chi connectivity index (χ1v) is 20.0. The number of carbonyl (C=O) groups excluding carboxylic acids is 3. The number of carbonyl (C=O) groups is 3. The summed E-state index contributed by atoms with van der Waals surface area (Å²) in [5, 5.41) is 26.1. The quantitative estimate of drug-likeness (QED) is 0.0401. The number of imidazole rings is 1. The molecule has 24 nitrogen and oxygen atoms in total. The fourth-order valence-corrected chi connectivity index (χ4v) is 7.65. The molecule has 0 aromatic carbocycles. The van der Waals surface area contributed by atoms with Gasteiger partial charge in [-0.3, -0.25) is 32.5 Å². The van der Waals surface area contributed by atoms with Crippen molar-refractivity contribution in [3.8, 4) is 0 Å². The maximum atomic E-state index is 12.6. The minimum Gasteiger partial charge on any atom is -0.386 e. The number of anilines is 1. The summed E-state index contributed by atoms with van der Waals surface area (Å²) in [6, 6.07) is 0. The maximum absolute atomic E-state index is 12.6. The van der Waals surface area contributed by atoms with E-state index >= 15 is 0 Å². The first kappa shape index (κ1) is 54.6. The smallest absolute Gasteiger partial charge is 0.386 e. The summed E-state index contributed by atoms with van der Waals surface area (Å²) in [7, 11) is -16.4. The summed E-state index contributed by atoms with van der Waals surface area (Å²) < 4.78 is 61.8. The predicted octanol–water partition coefficient (Wildman–Crippen LogP) is -2.46. The molecular weight excluding hydrogens is 840 g/mol. The Morgan fingerprint density at radius 2 is 1.67 bits per heavy atom. The molecule has 3 radical (unpaired) electrons. The number of thioether (sulfide) groups is 1. The first-order chi connectivity index (χ1) is 23.5. The van der Waals surface area contributed by atoms with Gasteiger partial charge in [-0.25, -0.2) is 28.6 Å². The maximum Gasteiger partial charge on any atom is 0.481 e. The summed E-state index contributed by atoms with van der Waals surface area (Å²) in [5.41, 5.74) is 4.26. The van der Waals surface area contributed by atoms with Gasteiger partial charge in [0.15, 0.2) is 22.8 Å². The Kier molecular flexibility index (Phi) is 23.6. The van der Waals surface area contributed by atoms with Crippen LogP contribution < -0.4 is 16.4 Å². The molecule has 0 aliphatic carbocycles. The SMILES string of the molecule is CC(=O)SCCNC(=O)CCNC(=O)[C@H](O)C(C)(C)COP(=O)(O)OP(=O)(O)OC[C@H]1O[C@@H](n2cnc3c(N)ncnc32)[C@H](O)[C@@H]1OP(=O)(O)O.[Na].[Na].[Na]. The normalized spacial score (nSPS) is 21.4. The van der Waals surface area contributed by atoms with E-state index < -0.39 is 84.6 Å². The summed E-state index contributed by atoms with van der Waals surface area (Å²) >= 11 is 1.03. The van der Waals surface area contributed by atoms with Gasteiger partial charge < -0.3 is 50.9 Å². The van der Waals surface area contributed by atoms with Crippen LogP contribution in [0.2, 0.25) is 0 Å². The van der Waals surface area contributed by atoms with Crippen LogP contribution in [0.4, 0.5) is 5.82 Å². The molecule has 2 aromatic heterocycles. The number of rotatable bonds is 19. The molecule has 0 bridgehead atoms. The van der Waals surface area contributed by atoms with E-state index in [1.807, 2.05) is 0 Å². The van der Waals surface area contributed by atoms with Crippen molar-refractivity contribution >= 4 is 158 Å². The molecule has 0 spiro atoms. The van der Waals surface area contributed by atoms with Gasteiger partial charge in [0.05, 0.1) is 19.5 Å². The Morgan fingerprint density at radius 1 is 1.04 bits per heavy atom. The third kappa shape index (κ3) is 17.0. The van der Waals surface area contributed by atoms with Crippen molar-refractivity contribution in [2.75, 3.05) is 37.8 Å². The fraction of sp³-hybridized carbons (Fsp3) is 0.652. The number of hydrogen-bond donors (Lipinski definition) is 9. The van der Waals surface area contributed by atoms with Crippen molar-refractivity contribution in [1.82, 2.24) is 30.2 Å². The Labute approximate surface area is 378 Å². The second-order valence-electron chi connectivity index (χ2n) is 11.4. The molecule has 3 rings (SSSR count).